The van der Waals surface area contributed by atoms with Gasteiger partial charge in [-0.3, -0.25) is 9.48 Å². The average Bonchev–Trinajstić information content (AvgIpc) is 2.89. The van der Waals surface area contributed by atoms with E-state index in [9.17, 15) is 4.79 Å². The third-order valence-electron chi connectivity index (χ3n) is 3.16. The first-order chi connectivity index (χ1) is 10.0. The van der Waals surface area contributed by atoms with E-state index in [4.69, 9.17) is 0 Å². The Morgan fingerprint density at radius 1 is 1.43 bits per heavy atom. The van der Waals surface area contributed by atoms with Crippen molar-refractivity contribution in [3.63, 3.8) is 0 Å². The summed E-state index contributed by atoms with van der Waals surface area (Å²) in [7, 11) is 3.58. The van der Waals surface area contributed by atoms with Gasteiger partial charge in [0.25, 0.3) is 5.91 Å². The zero-order valence-corrected chi connectivity index (χ0v) is 12.7. The molecule has 0 unspecified atom stereocenters. The van der Waals surface area contributed by atoms with Crippen molar-refractivity contribution in [3.8, 4) is 0 Å². The van der Waals surface area contributed by atoms with Crippen LogP contribution in [0.3, 0.4) is 0 Å². The summed E-state index contributed by atoms with van der Waals surface area (Å²) in [6.07, 6.45) is 3.34. The number of hydrogen-bond acceptors (Lipinski definition) is 5. The van der Waals surface area contributed by atoms with Gasteiger partial charge in [-0.05, 0) is 6.07 Å². The zero-order chi connectivity index (χ0) is 15.4. The van der Waals surface area contributed by atoms with Crippen LogP contribution in [0.25, 0.3) is 0 Å². The van der Waals surface area contributed by atoms with Crippen molar-refractivity contribution < 1.29 is 4.79 Å². The second-order valence-electron chi connectivity index (χ2n) is 5.02. The Morgan fingerprint density at radius 2 is 2.19 bits per heavy atom. The molecule has 7 heteroatoms. The first-order valence-corrected chi connectivity index (χ1v) is 6.82. The number of anilines is 1. The van der Waals surface area contributed by atoms with E-state index in [1.807, 2.05) is 27.0 Å². The number of nitrogens with one attached hydrogen (secondary N) is 2. The molecule has 2 rings (SSSR count). The van der Waals surface area contributed by atoms with Gasteiger partial charge in [0.15, 0.2) is 5.69 Å². The molecule has 0 spiro atoms. The highest BCUT2D eigenvalue weighted by Crippen LogP contribution is 2.15. The molecule has 0 saturated heterocycles. The van der Waals surface area contributed by atoms with E-state index in [0.29, 0.717) is 23.8 Å². The van der Waals surface area contributed by atoms with Crippen molar-refractivity contribution in [2.75, 3.05) is 12.4 Å². The van der Waals surface area contributed by atoms with Crippen molar-refractivity contribution in [3.05, 3.63) is 35.7 Å². The van der Waals surface area contributed by atoms with Gasteiger partial charge < -0.3 is 10.6 Å². The van der Waals surface area contributed by atoms with Gasteiger partial charge in [-0.2, -0.15) is 5.10 Å². The van der Waals surface area contributed by atoms with Gasteiger partial charge in [0.05, 0.1) is 24.1 Å². The van der Waals surface area contributed by atoms with E-state index in [1.54, 1.807) is 24.1 Å². The van der Waals surface area contributed by atoms with E-state index in [2.05, 4.69) is 25.7 Å². The number of rotatable bonds is 5. The Hall–Kier alpha value is -2.44. The summed E-state index contributed by atoms with van der Waals surface area (Å²) in [6.45, 7) is 4.39. The van der Waals surface area contributed by atoms with Crippen LogP contribution in [0.2, 0.25) is 0 Å². The number of carbonyl (C=O) groups is 1. The molecule has 0 radical (unpaired) electrons. The second-order valence-corrected chi connectivity index (χ2v) is 5.02. The highest BCUT2D eigenvalue weighted by atomic mass is 16.1. The SMILES string of the molecule is CNc1cnc(C(C)C)nc1C(=O)NCc1ccnn1C. The summed E-state index contributed by atoms with van der Waals surface area (Å²) in [5.74, 6) is 0.587. The van der Waals surface area contributed by atoms with Crippen molar-refractivity contribution in [1.29, 1.82) is 0 Å². The van der Waals surface area contributed by atoms with E-state index in [0.717, 1.165) is 5.69 Å². The maximum Gasteiger partial charge on any atom is 0.272 e. The van der Waals surface area contributed by atoms with Crippen LogP contribution in [0.15, 0.2) is 18.5 Å². The molecule has 0 aliphatic rings. The van der Waals surface area contributed by atoms with Crippen LogP contribution >= 0.6 is 0 Å². The lowest BCUT2D eigenvalue weighted by Gasteiger charge is -2.11. The predicted octanol–water partition coefficient (Wildman–Crippen LogP) is 1.31. The fraction of sp³-hybridized carbons (Fsp3) is 0.429. The number of amides is 1. The Labute approximate surface area is 123 Å². The summed E-state index contributed by atoms with van der Waals surface area (Å²) >= 11 is 0. The number of aromatic nitrogens is 4. The molecule has 2 aromatic rings. The minimum atomic E-state index is -0.232. The van der Waals surface area contributed by atoms with Gasteiger partial charge in [0.1, 0.15) is 5.82 Å². The Morgan fingerprint density at radius 3 is 2.76 bits per heavy atom. The molecule has 2 N–H and O–H groups in total. The second kappa shape index (κ2) is 6.34. The van der Waals surface area contributed by atoms with Crippen LogP contribution in [0.4, 0.5) is 5.69 Å². The van der Waals surface area contributed by atoms with Crippen molar-refractivity contribution in [2.24, 2.45) is 7.05 Å². The van der Waals surface area contributed by atoms with Gasteiger partial charge in [0, 0.05) is 26.2 Å². The molecule has 0 aromatic carbocycles. The van der Waals surface area contributed by atoms with Crippen LogP contribution in [0.1, 0.15) is 41.8 Å². The Kier molecular flexibility index (Phi) is 4.52. The molecule has 0 saturated carbocycles. The summed E-state index contributed by atoms with van der Waals surface area (Å²) in [6, 6.07) is 1.86. The van der Waals surface area contributed by atoms with Gasteiger partial charge in [0.2, 0.25) is 0 Å². The maximum absolute atomic E-state index is 12.3. The van der Waals surface area contributed by atoms with Crippen LogP contribution in [0.5, 0.6) is 0 Å². The van der Waals surface area contributed by atoms with E-state index in [-0.39, 0.29) is 11.8 Å². The molecule has 112 valence electrons. The summed E-state index contributed by atoms with van der Waals surface area (Å²) < 4.78 is 1.72. The molecule has 0 fully saturated rings. The molecule has 2 aromatic heterocycles. The van der Waals surface area contributed by atoms with Gasteiger partial charge in [-0.15, -0.1) is 0 Å². The summed E-state index contributed by atoms with van der Waals surface area (Å²) in [4.78, 5) is 20.9. The molecule has 1 amide bonds. The first-order valence-electron chi connectivity index (χ1n) is 6.82. The fourth-order valence-corrected chi connectivity index (χ4v) is 1.86. The highest BCUT2D eigenvalue weighted by molar-refractivity contribution is 5.97. The standard InChI is InChI=1S/C14H20N6O/c1-9(2)13-16-8-11(15-3)12(19-13)14(21)17-7-10-5-6-18-20(10)4/h5-6,8-9,15H,7H2,1-4H3,(H,17,21). The quantitative estimate of drug-likeness (QED) is 0.866. The largest absolute Gasteiger partial charge is 0.385 e. The van der Waals surface area contributed by atoms with Crippen LogP contribution in [-0.4, -0.2) is 32.7 Å². The minimum absolute atomic E-state index is 0.166. The van der Waals surface area contributed by atoms with Crippen molar-refractivity contribution in [1.82, 2.24) is 25.1 Å². The lowest BCUT2D eigenvalue weighted by Crippen LogP contribution is -2.26. The monoisotopic (exact) mass is 288 g/mol. The molecular weight excluding hydrogens is 268 g/mol. The molecule has 0 bridgehead atoms. The summed E-state index contributed by atoms with van der Waals surface area (Å²) in [5.41, 5.74) is 1.90. The van der Waals surface area contributed by atoms with Crippen LogP contribution in [-0.2, 0) is 13.6 Å². The molecule has 0 atom stereocenters. The topological polar surface area (TPSA) is 84.7 Å². The number of aryl methyl sites for hydroxylation is 1. The molecule has 0 aliphatic heterocycles. The molecule has 0 aliphatic carbocycles. The zero-order valence-electron chi connectivity index (χ0n) is 12.7. The third kappa shape index (κ3) is 3.36. The Bertz CT molecular complexity index is 634. The normalized spacial score (nSPS) is 10.7. The van der Waals surface area contributed by atoms with E-state index < -0.39 is 0 Å². The van der Waals surface area contributed by atoms with E-state index in [1.165, 1.54) is 0 Å². The summed E-state index contributed by atoms with van der Waals surface area (Å²) in [5, 5.41) is 9.86. The predicted molar refractivity (Wildman–Crippen MR) is 80.0 cm³/mol. The fourth-order valence-electron chi connectivity index (χ4n) is 1.86. The molecule has 21 heavy (non-hydrogen) atoms. The van der Waals surface area contributed by atoms with E-state index >= 15 is 0 Å². The third-order valence-corrected chi connectivity index (χ3v) is 3.16. The average molecular weight is 288 g/mol. The van der Waals surface area contributed by atoms with Crippen LogP contribution < -0.4 is 10.6 Å². The lowest BCUT2D eigenvalue weighted by atomic mass is 10.2. The minimum Gasteiger partial charge on any atom is -0.385 e. The van der Waals surface area contributed by atoms with Crippen molar-refractivity contribution >= 4 is 11.6 Å². The maximum atomic E-state index is 12.3. The van der Waals surface area contributed by atoms with Crippen molar-refractivity contribution in [2.45, 2.75) is 26.3 Å². The van der Waals surface area contributed by atoms with Gasteiger partial charge in [-0.25, -0.2) is 9.97 Å². The first kappa shape index (κ1) is 15.0. The highest BCUT2D eigenvalue weighted by Gasteiger charge is 2.16. The number of hydrogen-bond donors (Lipinski definition) is 2. The van der Waals surface area contributed by atoms with Crippen LogP contribution in [0, 0.1) is 0 Å². The number of carbonyl (C=O) groups excluding carboxylic acids is 1. The number of nitrogens with zero attached hydrogens (tertiary/aromatic N) is 4. The Balaban J connectivity index is 2.17. The molecule has 2 heterocycles. The molecule has 7 nitrogen and oxygen atoms in total. The smallest absolute Gasteiger partial charge is 0.272 e. The van der Waals surface area contributed by atoms with Gasteiger partial charge in [-0.1, -0.05) is 13.8 Å². The lowest BCUT2D eigenvalue weighted by molar-refractivity contribution is 0.0945. The molecular formula is C14H20N6O. The van der Waals surface area contributed by atoms with Gasteiger partial charge >= 0.3 is 0 Å².